The lowest BCUT2D eigenvalue weighted by Crippen LogP contribution is -2.47. The lowest BCUT2D eigenvalue weighted by atomic mass is 10.1. The Bertz CT molecular complexity index is 1030. The molecule has 1 amide bonds. The molecule has 1 fully saturated rings. The summed E-state index contributed by atoms with van der Waals surface area (Å²) in [6.45, 7) is 5.17. The zero-order valence-electron chi connectivity index (χ0n) is 17.0. The van der Waals surface area contributed by atoms with Crippen LogP contribution in [-0.2, 0) is 9.53 Å². The largest absolute Gasteiger partial charge is 0.372 e. The summed E-state index contributed by atoms with van der Waals surface area (Å²) in [6.07, 6.45) is 5.47. The Labute approximate surface area is 181 Å². The van der Waals surface area contributed by atoms with E-state index in [1.807, 2.05) is 90.3 Å². The summed E-state index contributed by atoms with van der Waals surface area (Å²) in [6, 6.07) is 17.5. The van der Waals surface area contributed by atoms with Crippen LogP contribution in [0.2, 0.25) is 5.02 Å². The minimum Gasteiger partial charge on any atom is -0.372 e. The average Bonchev–Trinajstić information content (AvgIpc) is 3.17. The third-order valence-corrected chi connectivity index (χ3v) is 5.27. The van der Waals surface area contributed by atoms with Crippen LogP contribution in [0.25, 0.3) is 23.0 Å². The summed E-state index contributed by atoms with van der Waals surface area (Å²) in [5, 5.41) is 5.44. The van der Waals surface area contributed by atoms with Crippen LogP contribution >= 0.6 is 11.6 Å². The molecule has 0 N–H and O–H groups in total. The molecule has 6 heteroatoms. The summed E-state index contributed by atoms with van der Waals surface area (Å²) in [7, 11) is 0. The quantitative estimate of drug-likeness (QED) is 0.566. The highest BCUT2D eigenvalue weighted by atomic mass is 35.5. The third kappa shape index (κ3) is 4.64. The summed E-state index contributed by atoms with van der Waals surface area (Å²) >= 11 is 6.05. The van der Waals surface area contributed by atoms with Crippen molar-refractivity contribution in [1.29, 1.82) is 0 Å². The normalized spacial score (nSPS) is 19.4. The van der Waals surface area contributed by atoms with Gasteiger partial charge in [0.1, 0.15) is 0 Å². The van der Waals surface area contributed by atoms with Crippen molar-refractivity contribution in [3.8, 4) is 16.9 Å². The molecule has 1 aliphatic rings. The zero-order valence-corrected chi connectivity index (χ0v) is 17.8. The minimum atomic E-state index is -0.0217. The maximum atomic E-state index is 12.8. The molecule has 0 radical (unpaired) electrons. The summed E-state index contributed by atoms with van der Waals surface area (Å²) in [5.41, 5.74) is 3.55. The number of benzene rings is 2. The van der Waals surface area contributed by atoms with Crippen molar-refractivity contribution in [3.05, 3.63) is 77.5 Å². The first-order valence-electron chi connectivity index (χ1n) is 10.0. The first kappa shape index (κ1) is 20.4. The van der Waals surface area contributed by atoms with E-state index >= 15 is 0 Å². The van der Waals surface area contributed by atoms with Gasteiger partial charge in [-0.15, -0.1) is 0 Å². The van der Waals surface area contributed by atoms with Gasteiger partial charge >= 0.3 is 0 Å². The fourth-order valence-electron chi connectivity index (χ4n) is 3.68. The van der Waals surface area contributed by atoms with Crippen LogP contribution in [0.15, 0.2) is 66.9 Å². The fraction of sp³-hybridized carbons (Fsp3) is 0.250. The molecular weight excluding hydrogens is 398 g/mol. The smallest absolute Gasteiger partial charge is 0.246 e. The van der Waals surface area contributed by atoms with E-state index in [1.165, 1.54) is 0 Å². The number of morpholine rings is 1. The number of amides is 1. The average molecular weight is 422 g/mol. The minimum absolute atomic E-state index is 0.0217. The number of para-hydroxylation sites is 1. The van der Waals surface area contributed by atoms with Crippen molar-refractivity contribution < 1.29 is 9.53 Å². The Morgan fingerprint density at radius 1 is 1.07 bits per heavy atom. The van der Waals surface area contributed by atoms with Crippen LogP contribution in [0.3, 0.4) is 0 Å². The molecule has 0 bridgehead atoms. The SMILES string of the molecule is C[C@H]1CN(C(=O)/C=C/c2cn(-c3ccccc3)nc2-c2ccc(Cl)cc2)C[C@H](C)O1. The molecule has 0 spiro atoms. The molecular formula is C24H24ClN3O2. The predicted molar refractivity (Wildman–Crippen MR) is 120 cm³/mol. The summed E-state index contributed by atoms with van der Waals surface area (Å²) in [5.74, 6) is -0.0217. The second-order valence-corrected chi connectivity index (χ2v) is 7.99. The van der Waals surface area contributed by atoms with Gasteiger partial charge in [-0.2, -0.15) is 5.10 Å². The molecule has 1 saturated heterocycles. The van der Waals surface area contributed by atoms with Crippen molar-refractivity contribution in [2.45, 2.75) is 26.1 Å². The van der Waals surface area contributed by atoms with Gasteiger partial charge in [-0.25, -0.2) is 4.68 Å². The lowest BCUT2D eigenvalue weighted by Gasteiger charge is -2.34. The molecule has 0 saturated carbocycles. The van der Waals surface area contributed by atoms with Gasteiger partial charge in [0.2, 0.25) is 5.91 Å². The number of hydrogen-bond acceptors (Lipinski definition) is 3. The van der Waals surface area contributed by atoms with E-state index < -0.39 is 0 Å². The van der Waals surface area contributed by atoms with Gasteiger partial charge in [-0.05, 0) is 44.2 Å². The highest BCUT2D eigenvalue weighted by Crippen LogP contribution is 2.26. The van der Waals surface area contributed by atoms with Crippen molar-refractivity contribution >= 4 is 23.6 Å². The van der Waals surface area contributed by atoms with Gasteiger partial charge in [0.15, 0.2) is 0 Å². The highest BCUT2D eigenvalue weighted by molar-refractivity contribution is 6.30. The van der Waals surface area contributed by atoms with E-state index in [2.05, 4.69) is 0 Å². The first-order chi connectivity index (χ1) is 14.5. The zero-order chi connectivity index (χ0) is 21.1. The summed E-state index contributed by atoms with van der Waals surface area (Å²) in [4.78, 5) is 14.6. The second-order valence-electron chi connectivity index (χ2n) is 7.55. The number of ether oxygens (including phenoxy) is 1. The molecule has 2 heterocycles. The molecule has 30 heavy (non-hydrogen) atoms. The van der Waals surface area contributed by atoms with Gasteiger partial charge in [0.05, 0.1) is 23.6 Å². The summed E-state index contributed by atoms with van der Waals surface area (Å²) < 4.78 is 7.55. The molecule has 0 aliphatic carbocycles. The Morgan fingerprint density at radius 2 is 1.73 bits per heavy atom. The van der Waals surface area contributed by atoms with E-state index in [0.717, 1.165) is 22.5 Å². The topological polar surface area (TPSA) is 47.4 Å². The van der Waals surface area contributed by atoms with Gasteiger partial charge in [0, 0.05) is 41.5 Å². The molecule has 1 aliphatic heterocycles. The fourth-order valence-corrected chi connectivity index (χ4v) is 3.80. The van der Waals surface area contributed by atoms with E-state index in [-0.39, 0.29) is 18.1 Å². The van der Waals surface area contributed by atoms with Gasteiger partial charge < -0.3 is 9.64 Å². The lowest BCUT2D eigenvalue weighted by molar-refractivity contribution is -0.137. The van der Waals surface area contributed by atoms with Gasteiger partial charge in [-0.3, -0.25) is 4.79 Å². The van der Waals surface area contributed by atoms with Crippen molar-refractivity contribution in [2.75, 3.05) is 13.1 Å². The Hall–Kier alpha value is -2.89. The number of nitrogens with zero attached hydrogens (tertiary/aromatic N) is 3. The van der Waals surface area contributed by atoms with Crippen molar-refractivity contribution in [1.82, 2.24) is 14.7 Å². The number of halogens is 1. The van der Waals surface area contributed by atoms with Gasteiger partial charge in [-0.1, -0.05) is 41.9 Å². The molecule has 0 unspecified atom stereocenters. The Morgan fingerprint density at radius 3 is 2.40 bits per heavy atom. The maximum absolute atomic E-state index is 12.8. The number of aromatic nitrogens is 2. The van der Waals surface area contributed by atoms with Gasteiger partial charge in [0.25, 0.3) is 0 Å². The van der Waals surface area contributed by atoms with Crippen molar-refractivity contribution in [3.63, 3.8) is 0 Å². The number of carbonyl (C=O) groups excluding carboxylic acids is 1. The molecule has 5 nitrogen and oxygen atoms in total. The van der Waals surface area contributed by atoms with E-state index in [0.29, 0.717) is 18.1 Å². The molecule has 2 aromatic carbocycles. The van der Waals surface area contributed by atoms with Crippen LogP contribution in [-0.4, -0.2) is 45.9 Å². The maximum Gasteiger partial charge on any atom is 0.246 e. The number of rotatable bonds is 4. The van der Waals surface area contributed by atoms with Crippen LogP contribution in [0, 0.1) is 0 Å². The van der Waals surface area contributed by atoms with Crippen LogP contribution in [0.4, 0.5) is 0 Å². The number of carbonyl (C=O) groups is 1. The Balaban J connectivity index is 1.65. The monoisotopic (exact) mass is 421 g/mol. The Kier molecular flexibility index (Phi) is 6.02. The molecule has 154 valence electrons. The van der Waals surface area contributed by atoms with Crippen LogP contribution in [0.5, 0.6) is 0 Å². The highest BCUT2D eigenvalue weighted by Gasteiger charge is 2.24. The molecule has 2 atom stereocenters. The van der Waals surface area contributed by atoms with Crippen LogP contribution in [0.1, 0.15) is 19.4 Å². The first-order valence-corrected chi connectivity index (χ1v) is 10.4. The van der Waals surface area contributed by atoms with Crippen LogP contribution < -0.4 is 0 Å². The molecule has 4 rings (SSSR count). The van der Waals surface area contributed by atoms with Crippen molar-refractivity contribution in [2.24, 2.45) is 0 Å². The van der Waals surface area contributed by atoms with E-state index in [1.54, 1.807) is 6.08 Å². The van der Waals surface area contributed by atoms with E-state index in [9.17, 15) is 4.79 Å². The van der Waals surface area contributed by atoms with E-state index in [4.69, 9.17) is 21.4 Å². The third-order valence-electron chi connectivity index (χ3n) is 5.02. The predicted octanol–water partition coefficient (Wildman–Crippen LogP) is 4.84. The second kappa shape index (κ2) is 8.86. The molecule has 3 aromatic rings. The molecule has 1 aromatic heterocycles. The number of hydrogen-bond donors (Lipinski definition) is 0. The standard InChI is InChI=1S/C24H24ClN3O2/c1-17-14-27(15-18(2)30-17)23(29)13-10-20-16-28(22-6-4-3-5-7-22)26-24(20)19-8-11-21(25)12-9-19/h3-13,16-18H,14-15H2,1-2H3/b13-10+/t17-,18-/m0/s1.